The highest BCUT2D eigenvalue weighted by Gasteiger charge is 2.28. The van der Waals surface area contributed by atoms with E-state index in [4.69, 9.17) is 14.2 Å². The van der Waals surface area contributed by atoms with E-state index < -0.39 is 5.97 Å². The summed E-state index contributed by atoms with van der Waals surface area (Å²) in [6, 6.07) is 4.99. The predicted octanol–water partition coefficient (Wildman–Crippen LogP) is 3.29. The van der Waals surface area contributed by atoms with Crippen LogP contribution in [0.3, 0.4) is 0 Å². The van der Waals surface area contributed by atoms with Crippen molar-refractivity contribution in [1.29, 1.82) is 0 Å². The highest BCUT2D eigenvalue weighted by atomic mass is 32.1. The van der Waals surface area contributed by atoms with Gasteiger partial charge < -0.3 is 19.5 Å². The van der Waals surface area contributed by atoms with Gasteiger partial charge in [0, 0.05) is 4.88 Å². The Morgan fingerprint density at radius 1 is 1.12 bits per heavy atom. The van der Waals surface area contributed by atoms with Gasteiger partial charge in [-0.05, 0) is 43.0 Å². The number of hydrogen-bond donors (Lipinski definition) is 1. The van der Waals surface area contributed by atoms with E-state index in [1.54, 1.807) is 18.2 Å². The first-order chi connectivity index (χ1) is 12.1. The molecule has 0 aliphatic heterocycles. The van der Waals surface area contributed by atoms with Gasteiger partial charge in [0.2, 0.25) is 0 Å². The van der Waals surface area contributed by atoms with Crippen molar-refractivity contribution >= 4 is 28.2 Å². The highest BCUT2D eigenvalue weighted by molar-refractivity contribution is 7.17. The number of benzene rings is 1. The molecule has 1 heterocycles. The molecule has 6 nitrogen and oxygen atoms in total. The summed E-state index contributed by atoms with van der Waals surface area (Å²) in [4.78, 5) is 26.1. The van der Waals surface area contributed by atoms with Gasteiger partial charge in [-0.3, -0.25) is 4.79 Å². The first-order valence-corrected chi connectivity index (χ1v) is 8.67. The number of carbonyl (C=O) groups is 2. The van der Waals surface area contributed by atoms with Gasteiger partial charge in [-0.1, -0.05) is 0 Å². The van der Waals surface area contributed by atoms with Crippen LogP contribution >= 0.6 is 11.3 Å². The molecule has 0 fully saturated rings. The fourth-order valence-electron chi connectivity index (χ4n) is 2.97. The van der Waals surface area contributed by atoms with E-state index in [2.05, 4.69) is 5.32 Å². The maximum atomic E-state index is 12.8. The maximum Gasteiger partial charge on any atom is 0.341 e. The standard InChI is InChI=1S/C18H19NO5S/c1-22-10-7-8-13(23-2)12(9-10)16(20)19-17-15(18(21)24-3)11-5-4-6-14(11)25-17/h7-9H,4-6H2,1-3H3,(H,19,20). The molecule has 0 unspecified atom stereocenters. The quantitative estimate of drug-likeness (QED) is 0.827. The van der Waals surface area contributed by atoms with Crippen molar-refractivity contribution in [3.8, 4) is 11.5 Å². The topological polar surface area (TPSA) is 73.9 Å². The zero-order valence-corrected chi connectivity index (χ0v) is 15.1. The number of methoxy groups -OCH3 is 3. The molecule has 3 rings (SSSR count). The Balaban J connectivity index is 1.96. The number of esters is 1. The molecule has 1 amide bonds. The van der Waals surface area contributed by atoms with Crippen LogP contribution in [-0.2, 0) is 17.6 Å². The SMILES string of the molecule is COC(=O)c1c(NC(=O)c2cc(OC)ccc2OC)sc2c1CCC2. The van der Waals surface area contributed by atoms with Crippen molar-refractivity contribution < 1.29 is 23.8 Å². The molecule has 1 N–H and O–H groups in total. The summed E-state index contributed by atoms with van der Waals surface area (Å²) in [5.74, 6) is 0.197. The van der Waals surface area contributed by atoms with E-state index in [9.17, 15) is 9.59 Å². The minimum atomic E-state index is -0.424. The lowest BCUT2D eigenvalue weighted by Gasteiger charge is -2.11. The van der Waals surface area contributed by atoms with E-state index in [0.717, 1.165) is 29.7 Å². The maximum absolute atomic E-state index is 12.8. The number of fused-ring (bicyclic) bond motifs is 1. The molecule has 1 aromatic heterocycles. The summed E-state index contributed by atoms with van der Waals surface area (Å²) in [6.07, 6.45) is 2.76. The molecular weight excluding hydrogens is 342 g/mol. The number of carbonyl (C=O) groups excluding carboxylic acids is 2. The second kappa shape index (κ2) is 7.14. The average molecular weight is 361 g/mol. The first-order valence-electron chi connectivity index (χ1n) is 7.85. The molecule has 0 radical (unpaired) electrons. The molecule has 0 saturated carbocycles. The number of amides is 1. The Morgan fingerprint density at radius 3 is 2.60 bits per heavy atom. The van der Waals surface area contributed by atoms with Crippen LogP contribution < -0.4 is 14.8 Å². The zero-order chi connectivity index (χ0) is 18.0. The number of rotatable bonds is 5. The number of nitrogens with one attached hydrogen (secondary N) is 1. The highest BCUT2D eigenvalue weighted by Crippen LogP contribution is 2.40. The summed E-state index contributed by atoms with van der Waals surface area (Å²) in [5.41, 5.74) is 1.80. The van der Waals surface area contributed by atoms with E-state index in [0.29, 0.717) is 27.6 Å². The molecule has 2 aromatic rings. The molecule has 1 aliphatic carbocycles. The summed E-state index contributed by atoms with van der Waals surface area (Å²) >= 11 is 1.43. The fraction of sp³-hybridized carbons (Fsp3) is 0.333. The van der Waals surface area contributed by atoms with Crippen molar-refractivity contribution in [2.45, 2.75) is 19.3 Å². The third kappa shape index (κ3) is 3.19. The molecule has 25 heavy (non-hydrogen) atoms. The lowest BCUT2D eigenvalue weighted by atomic mass is 10.1. The van der Waals surface area contributed by atoms with Crippen LogP contribution in [0.15, 0.2) is 18.2 Å². The summed E-state index contributed by atoms with van der Waals surface area (Å²) in [5, 5.41) is 3.36. The van der Waals surface area contributed by atoms with Crippen molar-refractivity contribution in [1.82, 2.24) is 0 Å². The summed E-state index contributed by atoms with van der Waals surface area (Å²) in [7, 11) is 4.37. The van der Waals surface area contributed by atoms with Crippen LogP contribution in [-0.4, -0.2) is 33.2 Å². The summed E-state index contributed by atoms with van der Waals surface area (Å²) < 4.78 is 15.3. The van der Waals surface area contributed by atoms with Crippen LogP contribution in [0.25, 0.3) is 0 Å². The third-order valence-corrected chi connectivity index (χ3v) is 5.40. The van der Waals surface area contributed by atoms with Gasteiger partial charge in [-0.25, -0.2) is 4.79 Å². The predicted molar refractivity (Wildman–Crippen MR) is 95.2 cm³/mol. The molecule has 0 atom stereocenters. The van der Waals surface area contributed by atoms with Gasteiger partial charge in [-0.15, -0.1) is 11.3 Å². The van der Waals surface area contributed by atoms with Gasteiger partial charge in [-0.2, -0.15) is 0 Å². The fourth-order valence-corrected chi connectivity index (χ4v) is 4.24. The van der Waals surface area contributed by atoms with E-state index in [1.807, 2.05) is 0 Å². The third-order valence-electron chi connectivity index (χ3n) is 4.19. The van der Waals surface area contributed by atoms with Crippen molar-refractivity contribution in [3.63, 3.8) is 0 Å². The van der Waals surface area contributed by atoms with E-state index in [-0.39, 0.29) is 5.91 Å². The number of thiophene rings is 1. The lowest BCUT2D eigenvalue weighted by Crippen LogP contribution is -2.15. The Hall–Kier alpha value is -2.54. The Kier molecular flexibility index (Phi) is 4.94. The molecule has 0 saturated heterocycles. The Labute approximate surface area is 149 Å². The minimum absolute atomic E-state index is 0.339. The molecule has 7 heteroatoms. The lowest BCUT2D eigenvalue weighted by molar-refractivity contribution is 0.0601. The Morgan fingerprint density at radius 2 is 1.92 bits per heavy atom. The van der Waals surface area contributed by atoms with Crippen LogP contribution in [0.1, 0.15) is 37.6 Å². The second-order valence-corrected chi connectivity index (χ2v) is 6.68. The van der Waals surface area contributed by atoms with Crippen LogP contribution in [0.5, 0.6) is 11.5 Å². The zero-order valence-electron chi connectivity index (χ0n) is 14.3. The van der Waals surface area contributed by atoms with Gasteiger partial charge in [0.25, 0.3) is 5.91 Å². The largest absolute Gasteiger partial charge is 0.497 e. The van der Waals surface area contributed by atoms with Gasteiger partial charge in [0.15, 0.2) is 0 Å². The van der Waals surface area contributed by atoms with Crippen molar-refractivity contribution in [3.05, 3.63) is 39.8 Å². The van der Waals surface area contributed by atoms with Crippen LogP contribution in [0.2, 0.25) is 0 Å². The number of aryl methyl sites for hydroxylation is 1. The minimum Gasteiger partial charge on any atom is -0.497 e. The molecule has 0 spiro atoms. The molecule has 1 aliphatic rings. The number of hydrogen-bond acceptors (Lipinski definition) is 6. The van der Waals surface area contributed by atoms with Gasteiger partial charge in [0.05, 0.1) is 32.5 Å². The van der Waals surface area contributed by atoms with Gasteiger partial charge >= 0.3 is 5.97 Å². The van der Waals surface area contributed by atoms with Crippen LogP contribution in [0.4, 0.5) is 5.00 Å². The van der Waals surface area contributed by atoms with E-state index >= 15 is 0 Å². The molecule has 1 aromatic carbocycles. The van der Waals surface area contributed by atoms with E-state index in [1.165, 1.54) is 32.7 Å². The Bertz CT molecular complexity index is 827. The monoisotopic (exact) mass is 361 g/mol. The summed E-state index contributed by atoms with van der Waals surface area (Å²) in [6.45, 7) is 0. The first kappa shape index (κ1) is 17.3. The average Bonchev–Trinajstić information content (AvgIpc) is 3.21. The molecule has 0 bridgehead atoms. The molecular formula is C18H19NO5S. The normalized spacial score (nSPS) is 12.4. The van der Waals surface area contributed by atoms with Crippen molar-refractivity contribution in [2.75, 3.05) is 26.6 Å². The number of ether oxygens (including phenoxy) is 3. The smallest absolute Gasteiger partial charge is 0.341 e. The molecule has 132 valence electrons. The second-order valence-electron chi connectivity index (χ2n) is 5.57. The van der Waals surface area contributed by atoms with Crippen LogP contribution in [0, 0.1) is 0 Å². The van der Waals surface area contributed by atoms with Gasteiger partial charge in [0.1, 0.15) is 16.5 Å². The van der Waals surface area contributed by atoms with Crippen molar-refractivity contribution in [2.24, 2.45) is 0 Å². The number of anilines is 1.